The van der Waals surface area contributed by atoms with Gasteiger partial charge in [0.15, 0.2) is 5.96 Å². The molecule has 0 amide bonds. The second-order valence-electron chi connectivity index (χ2n) is 5.17. The molecule has 5 nitrogen and oxygen atoms in total. The van der Waals surface area contributed by atoms with E-state index >= 15 is 0 Å². The van der Waals surface area contributed by atoms with Crippen molar-refractivity contribution in [2.45, 2.75) is 26.4 Å². The third kappa shape index (κ3) is 5.81. The second kappa shape index (κ2) is 9.49. The lowest BCUT2D eigenvalue weighted by Crippen LogP contribution is -2.40. The Bertz CT molecular complexity index is 627. The number of hydrogen-bond donors (Lipinski definition) is 2. The van der Waals surface area contributed by atoms with Crippen LogP contribution in [-0.4, -0.2) is 29.1 Å². The van der Waals surface area contributed by atoms with E-state index in [1.165, 1.54) is 0 Å². The molecule has 0 radical (unpaired) electrons. The summed E-state index contributed by atoms with van der Waals surface area (Å²) in [7, 11) is 1.72. The zero-order valence-electron chi connectivity index (χ0n) is 13.6. The van der Waals surface area contributed by atoms with Crippen LogP contribution < -0.4 is 10.6 Å². The van der Waals surface area contributed by atoms with E-state index in [4.69, 9.17) is 0 Å². The minimum Gasteiger partial charge on any atom is -0.355 e. The van der Waals surface area contributed by atoms with Gasteiger partial charge in [-0.2, -0.15) is 0 Å². The average molecular weight is 431 g/mol. The molecule has 0 spiro atoms. The third-order valence-electron chi connectivity index (χ3n) is 3.49. The van der Waals surface area contributed by atoms with Crippen LogP contribution in [0.5, 0.6) is 0 Å². The first kappa shape index (κ1) is 19.4. The molecule has 0 saturated heterocycles. The summed E-state index contributed by atoms with van der Waals surface area (Å²) in [5, 5.41) is 6.49. The highest BCUT2D eigenvalue weighted by molar-refractivity contribution is 14.0. The van der Waals surface area contributed by atoms with E-state index in [0.717, 1.165) is 18.7 Å². The van der Waals surface area contributed by atoms with Crippen molar-refractivity contribution in [1.82, 2.24) is 20.2 Å². The van der Waals surface area contributed by atoms with Crippen molar-refractivity contribution in [2.24, 2.45) is 4.99 Å². The Morgan fingerprint density at radius 3 is 2.83 bits per heavy atom. The van der Waals surface area contributed by atoms with E-state index in [9.17, 15) is 4.39 Å². The van der Waals surface area contributed by atoms with Crippen LogP contribution in [0.15, 0.2) is 41.9 Å². The minimum absolute atomic E-state index is 0. The number of benzene rings is 1. The summed E-state index contributed by atoms with van der Waals surface area (Å²) in [6, 6.07) is 5.24. The summed E-state index contributed by atoms with van der Waals surface area (Å²) in [6.45, 7) is 5.26. The van der Waals surface area contributed by atoms with Gasteiger partial charge in [0.25, 0.3) is 0 Å². The molecule has 7 heteroatoms. The summed E-state index contributed by atoms with van der Waals surface area (Å²) in [5.74, 6) is 0.503. The molecule has 0 aliphatic rings. The largest absolute Gasteiger partial charge is 0.355 e. The molecule has 1 aromatic heterocycles. The van der Waals surface area contributed by atoms with Gasteiger partial charge in [0, 0.05) is 32.5 Å². The number of nitrogens with one attached hydrogen (secondary N) is 2. The number of halogens is 2. The fourth-order valence-corrected chi connectivity index (χ4v) is 2.08. The molecule has 1 atom stereocenters. The van der Waals surface area contributed by atoms with Gasteiger partial charge >= 0.3 is 0 Å². The monoisotopic (exact) mass is 431 g/mol. The molecule has 1 heterocycles. The van der Waals surface area contributed by atoms with Gasteiger partial charge in [-0.05, 0) is 31.0 Å². The molecule has 2 rings (SSSR count). The number of hydrogen-bond acceptors (Lipinski definition) is 2. The maximum atomic E-state index is 13.6. The predicted octanol–water partition coefficient (Wildman–Crippen LogP) is 2.87. The van der Waals surface area contributed by atoms with Crippen LogP contribution in [0.4, 0.5) is 4.39 Å². The highest BCUT2D eigenvalue weighted by Gasteiger charge is 2.09. The van der Waals surface area contributed by atoms with E-state index in [0.29, 0.717) is 11.5 Å². The summed E-state index contributed by atoms with van der Waals surface area (Å²) < 4.78 is 15.6. The fraction of sp³-hybridized carbons (Fsp3) is 0.375. The summed E-state index contributed by atoms with van der Waals surface area (Å²) >= 11 is 0. The quantitative estimate of drug-likeness (QED) is 0.435. The van der Waals surface area contributed by atoms with Crippen LogP contribution in [0.25, 0.3) is 0 Å². The number of guanidine groups is 1. The molecule has 1 aromatic carbocycles. The first-order valence-electron chi connectivity index (χ1n) is 7.29. The molecule has 1 unspecified atom stereocenters. The SMILES string of the molecule is CN=C(NCCn1ccnc1)NC(C)c1ccc(C)c(F)c1.I. The fourth-order valence-electron chi connectivity index (χ4n) is 2.08. The van der Waals surface area contributed by atoms with Crippen molar-refractivity contribution in [2.75, 3.05) is 13.6 Å². The second-order valence-corrected chi connectivity index (χ2v) is 5.17. The molecule has 0 saturated carbocycles. The van der Waals surface area contributed by atoms with Crippen LogP contribution in [-0.2, 0) is 6.54 Å². The highest BCUT2D eigenvalue weighted by atomic mass is 127. The lowest BCUT2D eigenvalue weighted by atomic mass is 10.1. The lowest BCUT2D eigenvalue weighted by Gasteiger charge is -2.18. The van der Waals surface area contributed by atoms with E-state index < -0.39 is 0 Å². The molecule has 0 fully saturated rings. The summed E-state index contributed by atoms with van der Waals surface area (Å²) in [5.41, 5.74) is 1.54. The molecule has 23 heavy (non-hydrogen) atoms. The van der Waals surface area contributed by atoms with Gasteiger partial charge in [-0.1, -0.05) is 12.1 Å². The van der Waals surface area contributed by atoms with Crippen molar-refractivity contribution in [3.63, 3.8) is 0 Å². The smallest absolute Gasteiger partial charge is 0.191 e. The van der Waals surface area contributed by atoms with Gasteiger partial charge in [0.2, 0.25) is 0 Å². The van der Waals surface area contributed by atoms with Crippen LogP contribution >= 0.6 is 24.0 Å². The lowest BCUT2D eigenvalue weighted by molar-refractivity contribution is 0.605. The van der Waals surface area contributed by atoms with E-state index in [1.54, 1.807) is 38.6 Å². The third-order valence-corrected chi connectivity index (χ3v) is 3.49. The van der Waals surface area contributed by atoms with Crippen LogP contribution in [0.2, 0.25) is 0 Å². The van der Waals surface area contributed by atoms with Gasteiger partial charge in [0.05, 0.1) is 12.4 Å². The number of aliphatic imine (C=N–C) groups is 1. The van der Waals surface area contributed by atoms with Gasteiger partial charge in [-0.25, -0.2) is 9.37 Å². The van der Waals surface area contributed by atoms with Crippen molar-refractivity contribution < 1.29 is 4.39 Å². The molecular formula is C16H23FIN5. The zero-order chi connectivity index (χ0) is 15.9. The maximum absolute atomic E-state index is 13.6. The van der Waals surface area contributed by atoms with Gasteiger partial charge in [-0.15, -0.1) is 24.0 Å². The normalized spacial score (nSPS) is 12.4. The molecule has 0 aliphatic carbocycles. The molecule has 0 bridgehead atoms. The summed E-state index contributed by atoms with van der Waals surface area (Å²) in [6.07, 6.45) is 5.44. The topological polar surface area (TPSA) is 54.2 Å². The van der Waals surface area contributed by atoms with Crippen LogP contribution in [0.3, 0.4) is 0 Å². The van der Waals surface area contributed by atoms with Crippen molar-refractivity contribution >= 4 is 29.9 Å². The Morgan fingerprint density at radius 2 is 2.22 bits per heavy atom. The number of rotatable bonds is 5. The van der Waals surface area contributed by atoms with Crippen LogP contribution in [0.1, 0.15) is 24.1 Å². The van der Waals surface area contributed by atoms with E-state index in [-0.39, 0.29) is 35.8 Å². The molecular weight excluding hydrogens is 408 g/mol. The van der Waals surface area contributed by atoms with Crippen molar-refractivity contribution in [3.8, 4) is 0 Å². The Balaban J connectivity index is 0.00000264. The first-order valence-corrected chi connectivity index (χ1v) is 7.29. The number of aromatic nitrogens is 2. The van der Waals surface area contributed by atoms with E-state index in [2.05, 4.69) is 20.6 Å². The molecule has 2 N–H and O–H groups in total. The van der Waals surface area contributed by atoms with E-state index in [1.807, 2.05) is 23.8 Å². The highest BCUT2D eigenvalue weighted by Crippen LogP contribution is 2.16. The van der Waals surface area contributed by atoms with Gasteiger partial charge in [0.1, 0.15) is 5.82 Å². The Morgan fingerprint density at radius 1 is 1.43 bits per heavy atom. The summed E-state index contributed by atoms with van der Waals surface area (Å²) in [4.78, 5) is 8.19. The van der Waals surface area contributed by atoms with Crippen molar-refractivity contribution in [1.29, 1.82) is 0 Å². The minimum atomic E-state index is -0.186. The number of aryl methyl sites for hydroxylation is 1. The first-order chi connectivity index (χ1) is 10.6. The Hall–Kier alpha value is -1.64. The maximum Gasteiger partial charge on any atom is 0.191 e. The number of imidazole rings is 1. The Kier molecular flexibility index (Phi) is 8.01. The van der Waals surface area contributed by atoms with Crippen LogP contribution in [0, 0.1) is 12.7 Å². The zero-order valence-corrected chi connectivity index (χ0v) is 15.9. The van der Waals surface area contributed by atoms with Crippen molar-refractivity contribution in [3.05, 3.63) is 53.9 Å². The van der Waals surface area contributed by atoms with Gasteiger partial charge < -0.3 is 15.2 Å². The number of nitrogens with zero attached hydrogens (tertiary/aromatic N) is 3. The molecule has 2 aromatic rings. The standard InChI is InChI=1S/C16H22FN5.HI/c1-12-4-5-14(10-15(12)17)13(2)21-16(18-3)20-7-9-22-8-6-19-11-22;/h4-6,8,10-11,13H,7,9H2,1-3H3,(H2,18,20,21);1H. The molecule has 0 aliphatic heterocycles. The van der Waals surface area contributed by atoms with Gasteiger partial charge in [-0.3, -0.25) is 4.99 Å². The predicted molar refractivity (Wildman–Crippen MR) is 102 cm³/mol. The Labute approximate surface area is 153 Å². The average Bonchev–Trinajstić information content (AvgIpc) is 3.02. The molecule has 126 valence electrons.